The van der Waals surface area contributed by atoms with Crippen LogP contribution in [0.1, 0.15) is 57.1 Å². The summed E-state index contributed by atoms with van der Waals surface area (Å²) in [6, 6.07) is 0. The normalized spacial score (nSPS) is 26.6. The molecule has 2 rings (SSSR count). The van der Waals surface area contributed by atoms with Gasteiger partial charge >= 0.3 is 0 Å². The summed E-state index contributed by atoms with van der Waals surface area (Å²) in [5.74, 6) is 0.601. The van der Waals surface area contributed by atoms with E-state index in [0.717, 1.165) is 13.0 Å². The quantitative estimate of drug-likeness (QED) is 0.629. The van der Waals surface area contributed by atoms with Crippen molar-refractivity contribution in [2.75, 3.05) is 0 Å². The molecule has 1 saturated carbocycles. The molecule has 0 radical (unpaired) electrons. The first-order valence-electron chi connectivity index (χ1n) is 6.35. The van der Waals surface area contributed by atoms with Gasteiger partial charge in [-0.3, -0.25) is 0 Å². The molecule has 1 fully saturated rings. The number of rotatable bonds is 3. The van der Waals surface area contributed by atoms with Crippen molar-refractivity contribution < 1.29 is 0 Å². The zero-order chi connectivity index (χ0) is 11.4. The minimum atomic E-state index is 0.601. The molecule has 0 amide bonds. The highest BCUT2D eigenvalue weighted by Gasteiger charge is 2.25. The summed E-state index contributed by atoms with van der Waals surface area (Å²) in [4.78, 5) is 0.601. The summed E-state index contributed by atoms with van der Waals surface area (Å²) >= 11 is 3.84. The number of aryl methyl sites for hydroxylation is 1. The van der Waals surface area contributed by atoms with Crippen molar-refractivity contribution in [1.82, 2.24) is 15.0 Å². The maximum atomic E-state index is 4.19. The third-order valence-corrected chi connectivity index (χ3v) is 4.49. The van der Waals surface area contributed by atoms with Crippen LogP contribution in [-0.2, 0) is 6.54 Å². The summed E-state index contributed by atoms with van der Waals surface area (Å²) in [5, 5.41) is 8.27. The van der Waals surface area contributed by atoms with Gasteiger partial charge in [0.2, 0.25) is 0 Å². The maximum absolute atomic E-state index is 4.19. The summed E-state index contributed by atoms with van der Waals surface area (Å²) in [7, 11) is 0. The van der Waals surface area contributed by atoms with Gasteiger partial charge in [-0.2, -0.15) is 0 Å². The molecule has 0 aromatic carbocycles. The smallest absolute Gasteiger partial charge is 0.0728 e. The van der Waals surface area contributed by atoms with Crippen LogP contribution in [0.3, 0.4) is 0 Å². The van der Waals surface area contributed by atoms with E-state index in [1.54, 1.807) is 0 Å². The van der Waals surface area contributed by atoms with E-state index in [-0.39, 0.29) is 0 Å². The second-order valence-electron chi connectivity index (χ2n) is 4.64. The van der Waals surface area contributed by atoms with Gasteiger partial charge in [0.15, 0.2) is 0 Å². The van der Waals surface area contributed by atoms with Crippen LogP contribution in [0.5, 0.6) is 0 Å². The summed E-state index contributed by atoms with van der Waals surface area (Å²) in [6.07, 6.45) is 9.69. The first-order chi connectivity index (χ1) is 7.83. The van der Waals surface area contributed by atoms with Crippen molar-refractivity contribution in [2.45, 2.75) is 62.7 Å². The molecule has 2 unspecified atom stereocenters. The van der Waals surface area contributed by atoms with Crippen LogP contribution in [0.4, 0.5) is 0 Å². The van der Waals surface area contributed by atoms with Crippen molar-refractivity contribution in [1.29, 1.82) is 0 Å². The van der Waals surface area contributed by atoms with Gasteiger partial charge in [0.05, 0.1) is 11.9 Å². The monoisotopic (exact) mass is 285 g/mol. The van der Waals surface area contributed by atoms with E-state index in [0.29, 0.717) is 10.7 Å². The van der Waals surface area contributed by atoms with Crippen LogP contribution in [-0.4, -0.2) is 19.8 Å². The molecule has 4 heteroatoms. The van der Waals surface area contributed by atoms with Crippen LogP contribution in [0.25, 0.3) is 0 Å². The molecule has 0 saturated heterocycles. The molecule has 1 aromatic heterocycles. The highest BCUT2D eigenvalue weighted by Crippen LogP contribution is 2.35. The number of alkyl halides is 1. The lowest BCUT2D eigenvalue weighted by molar-refractivity contribution is 0.502. The second-order valence-corrected chi connectivity index (χ2v) is 5.82. The zero-order valence-electron chi connectivity index (χ0n) is 9.90. The summed E-state index contributed by atoms with van der Waals surface area (Å²) in [5.41, 5.74) is 1.32. The summed E-state index contributed by atoms with van der Waals surface area (Å²) < 4.78 is 2.09. The zero-order valence-corrected chi connectivity index (χ0v) is 11.5. The first-order valence-corrected chi connectivity index (χ1v) is 7.27. The lowest BCUT2D eigenvalue weighted by atomic mass is 9.97. The van der Waals surface area contributed by atoms with E-state index >= 15 is 0 Å². The average Bonchev–Trinajstić information content (AvgIpc) is 2.61. The molecule has 3 nitrogen and oxygen atoms in total. The largest absolute Gasteiger partial charge is 0.249 e. The van der Waals surface area contributed by atoms with Crippen LogP contribution >= 0.6 is 15.9 Å². The van der Waals surface area contributed by atoms with Gasteiger partial charge in [0, 0.05) is 17.3 Å². The second kappa shape index (κ2) is 5.80. The minimum Gasteiger partial charge on any atom is -0.249 e. The SMILES string of the molecule is CCCn1nncc1C1CCCCCC1Br. The minimum absolute atomic E-state index is 0.601. The van der Waals surface area contributed by atoms with E-state index < -0.39 is 0 Å². The van der Waals surface area contributed by atoms with E-state index in [1.165, 1.54) is 37.8 Å². The molecule has 0 spiro atoms. The molecule has 0 N–H and O–H groups in total. The Bertz CT molecular complexity index is 324. The number of hydrogen-bond donors (Lipinski definition) is 0. The Balaban J connectivity index is 2.16. The van der Waals surface area contributed by atoms with Crippen LogP contribution in [0.2, 0.25) is 0 Å². The van der Waals surface area contributed by atoms with Crippen molar-refractivity contribution in [2.24, 2.45) is 0 Å². The van der Waals surface area contributed by atoms with Crippen LogP contribution in [0, 0.1) is 0 Å². The molecule has 90 valence electrons. The Morgan fingerprint density at radius 2 is 2.19 bits per heavy atom. The van der Waals surface area contributed by atoms with Gasteiger partial charge in [-0.05, 0) is 19.3 Å². The predicted molar refractivity (Wildman–Crippen MR) is 68.9 cm³/mol. The lowest BCUT2D eigenvalue weighted by Crippen LogP contribution is -2.16. The number of aromatic nitrogens is 3. The molecule has 1 aliphatic carbocycles. The highest BCUT2D eigenvalue weighted by atomic mass is 79.9. The van der Waals surface area contributed by atoms with Crippen molar-refractivity contribution >= 4 is 15.9 Å². The first kappa shape index (κ1) is 12.1. The molecule has 2 atom stereocenters. The van der Waals surface area contributed by atoms with Crippen molar-refractivity contribution in [3.63, 3.8) is 0 Å². The topological polar surface area (TPSA) is 30.7 Å². The third-order valence-electron chi connectivity index (χ3n) is 3.39. The number of hydrogen-bond acceptors (Lipinski definition) is 2. The molecular formula is C12H20BrN3. The maximum Gasteiger partial charge on any atom is 0.0728 e. The Morgan fingerprint density at radius 3 is 3.00 bits per heavy atom. The third kappa shape index (κ3) is 2.65. The van der Waals surface area contributed by atoms with Gasteiger partial charge < -0.3 is 0 Å². The van der Waals surface area contributed by atoms with Crippen molar-refractivity contribution in [3.8, 4) is 0 Å². The Hall–Kier alpha value is -0.380. The lowest BCUT2D eigenvalue weighted by Gasteiger charge is -2.20. The van der Waals surface area contributed by atoms with Gasteiger partial charge in [-0.1, -0.05) is 47.3 Å². The molecule has 1 aliphatic rings. The van der Waals surface area contributed by atoms with E-state index in [1.807, 2.05) is 6.20 Å². The fourth-order valence-electron chi connectivity index (χ4n) is 2.53. The average molecular weight is 286 g/mol. The highest BCUT2D eigenvalue weighted by molar-refractivity contribution is 9.09. The molecule has 16 heavy (non-hydrogen) atoms. The molecule has 0 aliphatic heterocycles. The van der Waals surface area contributed by atoms with Gasteiger partial charge in [0.25, 0.3) is 0 Å². The predicted octanol–water partition coefficient (Wildman–Crippen LogP) is 3.50. The van der Waals surface area contributed by atoms with Crippen LogP contribution < -0.4 is 0 Å². The van der Waals surface area contributed by atoms with Gasteiger partial charge in [-0.15, -0.1) is 5.10 Å². The number of nitrogens with zero attached hydrogens (tertiary/aromatic N) is 3. The molecule has 0 bridgehead atoms. The fourth-order valence-corrected chi connectivity index (χ4v) is 3.39. The Kier molecular flexibility index (Phi) is 4.38. The molecule has 1 heterocycles. The number of halogens is 1. The Morgan fingerprint density at radius 1 is 1.38 bits per heavy atom. The summed E-state index contributed by atoms with van der Waals surface area (Å²) in [6.45, 7) is 3.18. The fraction of sp³-hybridized carbons (Fsp3) is 0.833. The Labute approximate surface area is 106 Å². The molecule has 1 aromatic rings. The standard InChI is InChI=1S/C12H20BrN3/c1-2-8-16-12(9-14-15-16)10-6-4-3-5-7-11(10)13/h9-11H,2-8H2,1H3. The van der Waals surface area contributed by atoms with E-state index in [2.05, 4.69) is 37.8 Å². The van der Waals surface area contributed by atoms with E-state index in [9.17, 15) is 0 Å². The molecular weight excluding hydrogens is 266 g/mol. The van der Waals surface area contributed by atoms with Gasteiger partial charge in [0.1, 0.15) is 0 Å². The van der Waals surface area contributed by atoms with Gasteiger partial charge in [-0.25, -0.2) is 4.68 Å². The van der Waals surface area contributed by atoms with Crippen molar-refractivity contribution in [3.05, 3.63) is 11.9 Å². The van der Waals surface area contributed by atoms with Crippen LogP contribution in [0.15, 0.2) is 6.20 Å². The van der Waals surface area contributed by atoms with E-state index in [4.69, 9.17) is 0 Å².